The van der Waals surface area contributed by atoms with Crippen LogP contribution in [-0.2, 0) is 4.74 Å². The zero-order chi connectivity index (χ0) is 24.3. The maximum Gasteiger partial charge on any atom is 0.417 e. The first-order valence-corrected chi connectivity index (χ1v) is 12.6. The fourth-order valence-electron chi connectivity index (χ4n) is 4.56. The molecule has 5 rings (SSSR count). The Morgan fingerprint density at radius 1 is 1.17 bits per heavy atom. The molecule has 0 radical (unpaired) electrons. The second-order valence-corrected chi connectivity index (χ2v) is 9.99. The lowest BCUT2D eigenvalue weighted by Crippen LogP contribution is -2.38. The van der Waals surface area contributed by atoms with Gasteiger partial charge < -0.3 is 15.4 Å². The van der Waals surface area contributed by atoms with Crippen molar-refractivity contribution >= 4 is 17.7 Å². The summed E-state index contributed by atoms with van der Waals surface area (Å²) in [6.45, 7) is 2.46. The van der Waals surface area contributed by atoms with E-state index < -0.39 is 11.8 Å². The van der Waals surface area contributed by atoms with E-state index in [9.17, 15) is 4.79 Å². The molecule has 8 heteroatoms. The third-order valence-electron chi connectivity index (χ3n) is 6.92. The molecule has 35 heavy (non-hydrogen) atoms. The van der Waals surface area contributed by atoms with E-state index in [0.29, 0.717) is 23.5 Å². The highest BCUT2D eigenvalue weighted by Gasteiger charge is 2.40. The monoisotopic (exact) mass is 496 g/mol. The number of carbonyl (C=O) groups excluding carboxylic acids is 1. The van der Waals surface area contributed by atoms with Gasteiger partial charge in [0.05, 0.1) is 12.3 Å². The summed E-state index contributed by atoms with van der Waals surface area (Å²) in [5.74, 6) is 0.709. The molecule has 0 spiro atoms. The molecule has 2 unspecified atom stereocenters. The Bertz CT molecular complexity index is 1070. The van der Waals surface area contributed by atoms with Crippen molar-refractivity contribution in [3.05, 3.63) is 77.7 Å². The minimum atomic E-state index is -1.64. The molecule has 1 saturated carbocycles. The van der Waals surface area contributed by atoms with E-state index in [-0.39, 0.29) is 12.6 Å². The van der Waals surface area contributed by atoms with Crippen LogP contribution in [0.1, 0.15) is 30.7 Å². The zero-order valence-electron chi connectivity index (χ0n) is 19.5. The predicted octanol–water partition coefficient (Wildman–Crippen LogP) is 5.04. The van der Waals surface area contributed by atoms with Crippen molar-refractivity contribution in [2.24, 2.45) is 5.92 Å². The van der Waals surface area contributed by atoms with Crippen LogP contribution >= 0.6 is 11.6 Å². The van der Waals surface area contributed by atoms with Crippen LogP contribution in [0.4, 0.5) is 9.18 Å². The van der Waals surface area contributed by atoms with Crippen molar-refractivity contribution in [3.63, 3.8) is 0 Å². The fraction of sp³-hybridized carbons (Fsp3) is 0.407. The Morgan fingerprint density at radius 3 is 2.60 bits per heavy atom. The first-order chi connectivity index (χ1) is 17.0. The molecule has 3 heterocycles. The smallest absolute Gasteiger partial charge is 0.417 e. The van der Waals surface area contributed by atoms with Crippen molar-refractivity contribution in [2.45, 2.75) is 36.9 Å². The predicted molar refractivity (Wildman–Crippen MR) is 135 cm³/mol. The maximum atomic E-state index is 15.2. The lowest BCUT2D eigenvalue weighted by atomic mass is 9.99. The van der Waals surface area contributed by atoms with Crippen LogP contribution in [0.25, 0.3) is 11.3 Å². The number of aromatic nitrogens is 1. The van der Waals surface area contributed by atoms with Crippen molar-refractivity contribution in [1.29, 1.82) is 0 Å². The van der Waals surface area contributed by atoms with E-state index in [1.807, 2.05) is 36.5 Å². The van der Waals surface area contributed by atoms with Crippen LogP contribution in [-0.4, -0.2) is 53.9 Å². The van der Waals surface area contributed by atoms with Crippen molar-refractivity contribution in [3.8, 4) is 11.3 Å². The van der Waals surface area contributed by atoms with Crippen LogP contribution in [0, 0.1) is 5.92 Å². The summed E-state index contributed by atoms with van der Waals surface area (Å²) in [6.07, 6.45) is 10.1. The van der Waals surface area contributed by atoms with Gasteiger partial charge in [-0.15, -0.1) is 0 Å². The minimum Gasteiger partial charge on any atom is -0.449 e. The molecule has 1 saturated heterocycles. The summed E-state index contributed by atoms with van der Waals surface area (Å²) in [5.41, 5.74) is 1.42. The quantitative estimate of drug-likeness (QED) is 0.562. The summed E-state index contributed by atoms with van der Waals surface area (Å²) < 4.78 is 20.6. The number of alkyl halides is 1. The molecular formula is C27H30ClFN4O2. The van der Waals surface area contributed by atoms with Gasteiger partial charge in [-0.05, 0) is 74.2 Å². The van der Waals surface area contributed by atoms with Crippen molar-refractivity contribution in [2.75, 3.05) is 26.2 Å². The number of carbonyl (C=O) groups is 1. The number of hydrogen-bond acceptors (Lipinski definition) is 5. The number of pyridine rings is 1. The summed E-state index contributed by atoms with van der Waals surface area (Å²) in [5, 5.41) is 7.31. The number of hydrogen-bond donors (Lipinski definition) is 2. The highest BCUT2D eigenvalue weighted by Crippen LogP contribution is 2.41. The molecule has 3 aliphatic rings. The minimum absolute atomic E-state index is 0.148. The van der Waals surface area contributed by atoms with E-state index >= 15 is 4.39 Å². The van der Waals surface area contributed by atoms with Crippen LogP contribution in [0.3, 0.4) is 0 Å². The Morgan fingerprint density at radius 2 is 1.91 bits per heavy atom. The van der Waals surface area contributed by atoms with Gasteiger partial charge in [-0.1, -0.05) is 29.8 Å². The van der Waals surface area contributed by atoms with Crippen LogP contribution < -0.4 is 10.6 Å². The molecule has 0 bridgehead atoms. The summed E-state index contributed by atoms with van der Waals surface area (Å²) in [4.78, 5) is 18.2. The van der Waals surface area contributed by atoms with Gasteiger partial charge in [-0.3, -0.25) is 9.88 Å². The fourth-order valence-corrected chi connectivity index (χ4v) is 4.68. The number of piperidine rings is 1. The first kappa shape index (κ1) is 24.0. The zero-order valence-corrected chi connectivity index (χ0v) is 20.3. The summed E-state index contributed by atoms with van der Waals surface area (Å²) in [6, 6.07) is 11.9. The van der Waals surface area contributed by atoms with E-state index in [4.69, 9.17) is 16.3 Å². The molecule has 2 N–H and O–H groups in total. The molecule has 2 aromatic rings. The molecule has 6 nitrogen and oxygen atoms in total. The van der Waals surface area contributed by atoms with Gasteiger partial charge in [0.1, 0.15) is 0 Å². The van der Waals surface area contributed by atoms with Crippen LogP contribution in [0.15, 0.2) is 67.1 Å². The van der Waals surface area contributed by atoms with Gasteiger partial charge in [-0.25, -0.2) is 9.18 Å². The number of nitrogens with zero attached hydrogens (tertiary/aromatic N) is 2. The van der Waals surface area contributed by atoms with Gasteiger partial charge in [0, 0.05) is 47.7 Å². The molecule has 1 amide bonds. The summed E-state index contributed by atoms with van der Waals surface area (Å²) >= 11 is 5.96. The first-order valence-electron chi connectivity index (χ1n) is 12.2. The van der Waals surface area contributed by atoms with E-state index in [1.165, 1.54) is 29.5 Å². The maximum absolute atomic E-state index is 15.2. The average Bonchev–Trinajstić information content (AvgIpc) is 3.68. The van der Waals surface area contributed by atoms with Gasteiger partial charge in [-0.2, -0.15) is 0 Å². The van der Waals surface area contributed by atoms with Gasteiger partial charge in [0.15, 0.2) is 5.67 Å². The number of ether oxygens (including phenoxy) is 1. The Labute approximate surface area is 210 Å². The van der Waals surface area contributed by atoms with Crippen LogP contribution in [0.2, 0.25) is 5.02 Å². The molecule has 184 valence electrons. The molecule has 1 aromatic carbocycles. The second kappa shape index (κ2) is 10.5. The number of nitrogens with one attached hydrogen (secondary N) is 2. The Hall–Kier alpha value is -2.74. The van der Waals surface area contributed by atoms with Gasteiger partial charge >= 0.3 is 6.09 Å². The Kier molecular flexibility index (Phi) is 7.18. The van der Waals surface area contributed by atoms with E-state index in [0.717, 1.165) is 49.2 Å². The topological polar surface area (TPSA) is 66.5 Å². The third-order valence-corrected chi connectivity index (χ3v) is 7.17. The SMILES string of the molecule is O=C(OCC1CCNCC1)N1C=CC(F)(CNC2CC2c2ccc(-c3ccc(Cl)cc3)nc2)C=C1. The normalized spacial score (nSPS) is 23.3. The molecule has 2 aliphatic heterocycles. The largest absolute Gasteiger partial charge is 0.449 e. The van der Waals surface area contributed by atoms with Crippen LogP contribution in [0.5, 0.6) is 0 Å². The lowest BCUT2D eigenvalue weighted by Gasteiger charge is -2.26. The molecule has 1 aliphatic carbocycles. The average molecular weight is 497 g/mol. The van der Waals surface area contributed by atoms with Gasteiger partial charge in [0.25, 0.3) is 0 Å². The summed E-state index contributed by atoms with van der Waals surface area (Å²) in [7, 11) is 0. The number of amides is 1. The molecular weight excluding hydrogens is 467 g/mol. The van der Waals surface area contributed by atoms with E-state index in [2.05, 4.69) is 21.7 Å². The highest BCUT2D eigenvalue weighted by atomic mass is 35.5. The molecule has 2 fully saturated rings. The third kappa shape index (κ3) is 6.10. The van der Waals surface area contributed by atoms with Crippen molar-refractivity contribution < 1.29 is 13.9 Å². The lowest BCUT2D eigenvalue weighted by molar-refractivity contribution is 0.101. The second-order valence-electron chi connectivity index (χ2n) is 9.55. The number of halogens is 2. The standard InChI is InChI=1S/C27H30ClFN4O2/c28-22-4-1-20(2-5-22)24-6-3-21(16-31-24)23-15-25(23)32-18-27(29)9-13-33(14-10-27)26(34)35-17-19-7-11-30-12-8-19/h1-6,9-10,13-14,16,19,23,25,30,32H,7-8,11-12,15,17-18H2. The Balaban J connectivity index is 1.07. The number of benzene rings is 1. The number of rotatable bonds is 7. The van der Waals surface area contributed by atoms with Gasteiger partial charge in [0.2, 0.25) is 0 Å². The molecule has 1 aromatic heterocycles. The highest BCUT2D eigenvalue weighted by molar-refractivity contribution is 6.30. The molecule has 2 atom stereocenters. The van der Waals surface area contributed by atoms with E-state index in [1.54, 1.807) is 0 Å². The van der Waals surface area contributed by atoms with Crippen molar-refractivity contribution in [1.82, 2.24) is 20.5 Å².